The van der Waals surface area contributed by atoms with Crippen molar-refractivity contribution in [3.63, 3.8) is 0 Å². The fourth-order valence-electron chi connectivity index (χ4n) is 6.14. The van der Waals surface area contributed by atoms with E-state index in [9.17, 15) is 28.8 Å². The summed E-state index contributed by atoms with van der Waals surface area (Å²) in [6.45, 7) is 16.8. The van der Waals surface area contributed by atoms with E-state index in [1.54, 1.807) is 118 Å². The van der Waals surface area contributed by atoms with Gasteiger partial charge in [-0.15, -0.1) is 20.4 Å². The predicted octanol–water partition coefficient (Wildman–Crippen LogP) is 7.58. The summed E-state index contributed by atoms with van der Waals surface area (Å²) in [7, 11) is 0. The number of amides is 4. The lowest BCUT2D eigenvalue weighted by molar-refractivity contribution is -0.149. The molecule has 358 valence electrons. The van der Waals surface area contributed by atoms with Gasteiger partial charge in [0.05, 0.1) is 11.8 Å². The van der Waals surface area contributed by atoms with E-state index in [1.165, 1.54) is 22.7 Å². The predicted molar refractivity (Wildman–Crippen MR) is 250 cm³/mol. The van der Waals surface area contributed by atoms with Crippen LogP contribution in [0.2, 0.25) is 0 Å². The first-order valence-electron chi connectivity index (χ1n) is 21.8. The van der Waals surface area contributed by atoms with Crippen molar-refractivity contribution in [3.8, 4) is 0 Å². The van der Waals surface area contributed by atoms with Gasteiger partial charge in [-0.3, -0.25) is 20.2 Å². The summed E-state index contributed by atoms with van der Waals surface area (Å²) < 4.78 is 21.9. The molecule has 4 amide bonds. The van der Waals surface area contributed by atoms with E-state index in [2.05, 4.69) is 41.7 Å². The minimum Gasteiger partial charge on any atom is -0.463 e. The minimum absolute atomic E-state index is 0.283. The highest BCUT2D eigenvalue weighted by molar-refractivity contribution is 7.15. The highest BCUT2D eigenvalue weighted by atomic mass is 32.1. The Morgan fingerprint density at radius 3 is 1.21 bits per heavy atom. The molecule has 4 aromatic rings. The van der Waals surface area contributed by atoms with Crippen LogP contribution in [0.4, 0.5) is 19.9 Å². The minimum atomic E-state index is -0.995. The third-order valence-corrected chi connectivity index (χ3v) is 11.2. The van der Waals surface area contributed by atoms with Gasteiger partial charge in [0.1, 0.15) is 46.5 Å². The van der Waals surface area contributed by atoms with Crippen LogP contribution in [0.5, 0.6) is 0 Å². The summed E-state index contributed by atoms with van der Waals surface area (Å²) in [5.41, 5.74) is -0.271. The van der Waals surface area contributed by atoms with E-state index < -0.39 is 71.1 Å². The number of hydrogen-bond acceptors (Lipinski definition) is 16. The zero-order valence-electron chi connectivity index (χ0n) is 39.2. The highest BCUT2D eigenvalue weighted by Crippen LogP contribution is 2.25. The molecule has 0 bridgehead atoms. The number of ether oxygens (including phenoxy) is 4. The lowest BCUT2D eigenvalue weighted by Gasteiger charge is -2.25. The van der Waals surface area contributed by atoms with Crippen LogP contribution in [-0.4, -0.2) is 92.8 Å². The lowest BCUT2D eigenvalue weighted by Crippen LogP contribution is -2.47. The first-order chi connectivity index (χ1) is 31.1. The van der Waals surface area contributed by atoms with Crippen LogP contribution in [0.25, 0.3) is 0 Å². The average molecular weight is 951 g/mol. The van der Waals surface area contributed by atoms with Crippen molar-refractivity contribution in [2.75, 3.05) is 23.8 Å². The number of unbranched alkanes of at least 4 members (excludes halogenated alkanes) is 1. The Balaban J connectivity index is 1.28. The maximum Gasteiger partial charge on any atom is 0.408 e. The fraction of sp³-hybridized carbons (Fsp3) is 0.522. The van der Waals surface area contributed by atoms with Crippen LogP contribution in [0.15, 0.2) is 60.7 Å². The molecule has 2 aromatic heterocycles. The summed E-state index contributed by atoms with van der Waals surface area (Å²) in [6.07, 6.45) is 1.11. The Morgan fingerprint density at radius 1 is 0.545 bits per heavy atom. The molecule has 2 aromatic carbocycles. The molecule has 4 atom stereocenters. The number of anilines is 2. The summed E-state index contributed by atoms with van der Waals surface area (Å²) in [5.74, 6) is -4.67. The molecule has 0 radical (unpaired) electrons. The van der Waals surface area contributed by atoms with Crippen LogP contribution in [0.1, 0.15) is 115 Å². The zero-order chi connectivity index (χ0) is 48.6. The summed E-state index contributed by atoms with van der Waals surface area (Å²) in [6, 6.07) is 15.8. The van der Waals surface area contributed by atoms with Crippen molar-refractivity contribution in [2.24, 2.45) is 11.8 Å². The first kappa shape index (κ1) is 52.6. The van der Waals surface area contributed by atoms with Crippen LogP contribution in [0.3, 0.4) is 0 Å². The van der Waals surface area contributed by atoms with Gasteiger partial charge in [-0.25, -0.2) is 19.2 Å². The molecule has 0 aliphatic rings. The Hall–Kier alpha value is -6.02. The van der Waals surface area contributed by atoms with E-state index in [4.69, 9.17) is 18.9 Å². The number of carbonyl (C=O) groups is 6. The number of nitrogens with one attached hydrogen (secondary N) is 4. The van der Waals surface area contributed by atoms with Crippen molar-refractivity contribution < 1.29 is 47.7 Å². The maximum absolute atomic E-state index is 13.6. The maximum atomic E-state index is 13.6. The van der Waals surface area contributed by atoms with Gasteiger partial charge in [0.2, 0.25) is 22.1 Å². The lowest BCUT2D eigenvalue weighted by atomic mass is 9.99. The van der Waals surface area contributed by atoms with Crippen molar-refractivity contribution in [1.82, 2.24) is 31.0 Å². The number of alkyl carbamates (subject to hydrolysis) is 2. The summed E-state index contributed by atoms with van der Waals surface area (Å²) >= 11 is 2.47. The molecule has 0 spiro atoms. The molecule has 4 N–H and O–H groups in total. The van der Waals surface area contributed by atoms with Crippen molar-refractivity contribution >= 4 is 68.9 Å². The second-order valence-electron chi connectivity index (χ2n) is 18.1. The quantitative estimate of drug-likeness (QED) is 0.0358. The van der Waals surface area contributed by atoms with Gasteiger partial charge in [-0.1, -0.05) is 111 Å². The molecule has 18 nitrogen and oxygen atoms in total. The molecule has 4 rings (SSSR count). The molecular weight excluding hydrogens is 889 g/mol. The van der Waals surface area contributed by atoms with E-state index >= 15 is 0 Å². The Labute approximate surface area is 393 Å². The van der Waals surface area contributed by atoms with Gasteiger partial charge < -0.3 is 29.6 Å². The van der Waals surface area contributed by atoms with Gasteiger partial charge in [0, 0.05) is 12.8 Å². The summed E-state index contributed by atoms with van der Waals surface area (Å²) in [5, 5.41) is 29.6. The van der Waals surface area contributed by atoms with E-state index in [0.29, 0.717) is 44.2 Å². The van der Waals surface area contributed by atoms with Gasteiger partial charge >= 0.3 is 24.1 Å². The monoisotopic (exact) mass is 950 g/mol. The van der Waals surface area contributed by atoms with E-state index in [1.807, 2.05) is 12.1 Å². The number of aryl methyl sites for hydroxylation is 2. The Morgan fingerprint density at radius 2 is 0.894 bits per heavy atom. The fourth-order valence-corrected chi connectivity index (χ4v) is 7.71. The van der Waals surface area contributed by atoms with Gasteiger partial charge in [-0.2, -0.15) is 0 Å². The summed E-state index contributed by atoms with van der Waals surface area (Å²) in [4.78, 5) is 78.4. The van der Waals surface area contributed by atoms with E-state index in [0.717, 1.165) is 12.8 Å². The molecule has 2 unspecified atom stereocenters. The molecule has 2 heterocycles. The van der Waals surface area contributed by atoms with Crippen LogP contribution >= 0.6 is 22.7 Å². The molecule has 66 heavy (non-hydrogen) atoms. The van der Waals surface area contributed by atoms with Crippen molar-refractivity contribution in [3.05, 3.63) is 81.8 Å². The molecule has 0 fully saturated rings. The second-order valence-corrected chi connectivity index (χ2v) is 20.2. The van der Waals surface area contributed by atoms with Crippen LogP contribution in [0, 0.1) is 11.8 Å². The highest BCUT2D eigenvalue weighted by Gasteiger charge is 2.33. The van der Waals surface area contributed by atoms with Gasteiger partial charge in [0.25, 0.3) is 0 Å². The topological polar surface area (TPSA) is 239 Å². The number of carbonyl (C=O) groups excluding carboxylic acids is 6. The van der Waals surface area contributed by atoms with E-state index in [-0.39, 0.29) is 25.0 Å². The number of rotatable bonds is 21. The van der Waals surface area contributed by atoms with Crippen LogP contribution < -0.4 is 21.3 Å². The second kappa shape index (κ2) is 24.5. The largest absolute Gasteiger partial charge is 0.463 e. The number of esters is 2. The van der Waals surface area contributed by atoms with Gasteiger partial charge in [0.15, 0.2) is 0 Å². The van der Waals surface area contributed by atoms with Gasteiger partial charge in [-0.05, 0) is 77.3 Å². The number of aromatic nitrogens is 4. The van der Waals surface area contributed by atoms with Crippen LogP contribution in [-0.2, 0) is 51.0 Å². The Bertz CT molecular complexity index is 2070. The molecule has 0 saturated carbocycles. The molecule has 0 aliphatic heterocycles. The normalized spacial score (nSPS) is 13.5. The van der Waals surface area contributed by atoms with Crippen molar-refractivity contribution in [1.29, 1.82) is 0 Å². The third-order valence-electron chi connectivity index (χ3n) is 9.43. The van der Waals surface area contributed by atoms with Crippen molar-refractivity contribution in [2.45, 2.75) is 130 Å². The third kappa shape index (κ3) is 17.8. The molecule has 0 saturated heterocycles. The molecule has 0 aliphatic carbocycles. The molecule has 20 heteroatoms. The Kier molecular flexibility index (Phi) is 19.5. The number of nitrogens with zero attached hydrogens (tertiary/aromatic N) is 4. The standard InChI is InChI=1S/C46H62N8O10S2/c1-27(2)35(47-43(59)63-45(5,6)7)39(57)61-25-31(29-19-13-11-14-20-29)37(55)49-41-53-51-33(65-41)23-17-18-24-34-52-54-42(66-34)50-38(56)32(30-21-15-12-16-22-30)26-62-40(58)36(28(3)4)48-44(60)64-46(8,9)10/h11-16,19-22,27-28,31-32,35-36H,17-18,23-26H2,1-10H3,(H,47,59)(H,48,60)(H,49,53,55)(H,50,54,56)/t31?,32?,35-,36-/m0/s1. The smallest absolute Gasteiger partial charge is 0.408 e. The SMILES string of the molecule is CC(C)[C@H](NC(=O)OC(C)(C)C)C(=O)OCC(C(=O)Nc1nnc(CCCCc2nnc(NC(=O)C(COC(=O)[C@@H](NC(=O)OC(C)(C)C)C(C)C)c3ccccc3)s2)s1)c1ccccc1. The molecular formula is C46H62N8O10S2. The first-order valence-corrected chi connectivity index (χ1v) is 23.4. The average Bonchev–Trinajstić information content (AvgIpc) is 3.88. The zero-order valence-corrected chi connectivity index (χ0v) is 40.8. The number of hydrogen-bond donors (Lipinski definition) is 4. The number of benzene rings is 2.